The van der Waals surface area contributed by atoms with E-state index in [1.807, 2.05) is 6.92 Å². The average molecular weight is 238 g/mol. The first kappa shape index (κ1) is 12.3. The summed E-state index contributed by atoms with van der Waals surface area (Å²) in [6, 6.07) is 3.31. The number of nitrogens with one attached hydrogen (secondary N) is 1. The van der Waals surface area contributed by atoms with Crippen molar-refractivity contribution in [1.82, 2.24) is 5.32 Å². The average Bonchev–Trinajstić information content (AvgIpc) is 2.15. The molecule has 84 valence electrons. The highest BCUT2D eigenvalue weighted by molar-refractivity contribution is 6.31. The van der Waals surface area contributed by atoms with Gasteiger partial charge in [0.2, 0.25) is 0 Å². The maximum atomic E-state index is 12.3. The summed E-state index contributed by atoms with van der Waals surface area (Å²) in [7, 11) is 1.72. The van der Waals surface area contributed by atoms with Gasteiger partial charge in [-0.05, 0) is 31.7 Å². The Balaban J connectivity index is 3.09. The van der Waals surface area contributed by atoms with Crippen LogP contribution < -0.4 is 5.32 Å². The van der Waals surface area contributed by atoms with Crippen molar-refractivity contribution in [3.63, 3.8) is 0 Å². The Labute approximate surface area is 91.2 Å². The van der Waals surface area contributed by atoms with E-state index in [-0.39, 0.29) is 11.1 Å². The molecule has 0 aromatic heterocycles. The van der Waals surface area contributed by atoms with E-state index < -0.39 is 11.7 Å². The smallest absolute Gasteiger partial charge is 0.313 e. The van der Waals surface area contributed by atoms with Crippen LogP contribution in [0.5, 0.6) is 0 Å². The van der Waals surface area contributed by atoms with Crippen LogP contribution in [0.2, 0.25) is 5.02 Å². The fourth-order valence-electron chi connectivity index (χ4n) is 1.21. The van der Waals surface area contributed by atoms with Crippen molar-refractivity contribution in [1.29, 1.82) is 0 Å². The number of halogens is 4. The lowest BCUT2D eigenvalue weighted by Gasteiger charge is -2.14. The van der Waals surface area contributed by atoms with Gasteiger partial charge in [-0.1, -0.05) is 17.7 Å². The van der Waals surface area contributed by atoms with Gasteiger partial charge in [-0.3, -0.25) is 0 Å². The molecule has 1 N–H and O–H groups in total. The number of hydrogen-bond acceptors (Lipinski definition) is 1. The molecule has 0 saturated heterocycles. The quantitative estimate of drug-likeness (QED) is 0.828. The summed E-state index contributed by atoms with van der Waals surface area (Å²) in [5.74, 6) is 0. The zero-order valence-electron chi connectivity index (χ0n) is 8.32. The Bertz CT molecular complexity index is 349. The zero-order chi connectivity index (χ0) is 11.6. The van der Waals surface area contributed by atoms with Crippen LogP contribution in [-0.2, 0) is 6.18 Å². The van der Waals surface area contributed by atoms with E-state index in [9.17, 15) is 13.2 Å². The molecule has 0 amide bonds. The molecule has 0 aliphatic heterocycles. The molecular formula is C10H11ClF3N. The summed E-state index contributed by atoms with van der Waals surface area (Å²) < 4.78 is 36.9. The van der Waals surface area contributed by atoms with E-state index in [0.717, 1.165) is 12.1 Å². The first-order valence-corrected chi connectivity index (χ1v) is 4.78. The minimum Gasteiger partial charge on any atom is -0.313 e. The first-order valence-electron chi connectivity index (χ1n) is 4.40. The number of alkyl halides is 3. The minimum atomic E-state index is -4.34. The van der Waals surface area contributed by atoms with Crippen LogP contribution in [0.25, 0.3) is 0 Å². The highest BCUT2D eigenvalue weighted by Gasteiger charge is 2.31. The lowest BCUT2D eigenvalue weighted by atomic mass is 10.1. The van der Waals surface area contributed by atoms with E-state index >= 15 is 0 Å². The van der Waals surface area contributed by atoms with Crippen molar-refractivity contribution in [3.05, 3.63) is 34.3 Å². The molecular weight excluding hydrogens is 227 g/mol. The van der Waals surface area contributed by atoms with Crippen molar-refractivity contribution in [3.8, 4) is 0 Å². The van der Waals surface area contributed by atoms with Crippen LogP contribution in [0.4, 0.5) is 13.2 Å². The van der Waals surface area contributed by atoms with Gasteiger partial charge in [0.25, 0.3) is 0 Å². The second-order valence-electron chi connectivity index (χ2n) is 3.24. The Morgan fingerprint density at radius 2 is 1.93 bits per heavy atom. The van der Waals surface area contributed by atoms with E-state index in [4.69, 9.17) is 11.6 Å². The molecule has 0 saturated carbocycles. The molecule has 1 aromatic carbocycles. The topological polar surface area (TPSA) is 12.0 Å². The molecule has 0 bridgehead atoms. The molecule has 0 fully saturated rings. The summed E-state index contributed by atoms with van der Waals surface area (Å²) in [6.07, 6.45) is -4.34. The van der Waals surface area contributed by atoms with Crippen LogP contribution in [0, 0.1) is 0 Å². The van der Waals surface area contributed by atoms with Gasteiger partial charge in [0.05, 0.1) is 5.56 Å². The Morgan fingerprint density at radius 1 is 1.33 bits per heavy atom. The largest absolute Gasteiger partial charge is 0.416 e. The molecule has 1 aromatic rings. The fourth-order valence-corrected chi connectivity index (χ4v) is 1.55. The summed E-state index contributed by atoms with van der Waals surface area (Å²) in [4.78, 5) is 0. The third-order valence-electron chi connectivity index (χ3n) is 2.23. The molecule has 5 heteroatoms. The van der Waals surface area contributed by atoms with Crippen molar-refractivity contribution < 1.29 is 13.2 Å². The van der Waals surface area contributed by atoms with E-state index in [0.29, 0.717) is 5.56 Å². The number of hydrogen-bond donors (Lipinski definition) is 1. The summed E-state index contributed by atoms with van der Waals surface area (Å²) >= 11 is 5.77. The monoisotopic (exact) mass is 237 g/mol. The highest BCUT2D eigenvalue weighted by atomic mass is 35.5. The molecule has 0 aliphatic carbocycles. The molecule has 0 spiro atoms. The Kier molecular flexibility index (Phi) is 3.62. The zero-order valence-corrected chi connectivity index (χ0v) is 9.08. The van der Waals surface area contributed by atoms with Gasteiger partial charge in [0.15, 0.2) is 0 Å². The van der Waals surface area contributed by atoms with Gasteiger partial charge in [0, 0.05) is 11.1 Å². The minimum absolute atomic E-state index is 0.0696. The normalized spacial score (nSPS) is 14.0. The molecule has 1 atom stereocenters. The molecule has 15 heavy (non-hydrogen) atoms. The second-order valence-corrected chi connectivity index (χ2v) is 3.65. The van der Waals surface area contributed by atoms with E-state index in [1.165, 1.54) is 6.07 Å². The summed E-state index contributed by atoms with van der Waals surface area (Å²) in [5, 5.41) is 3.05. The molecule has 0 aliphatic rings. The second kappa shape index (κ2) is 4.41. The predicted molar refractivity (Wildman–Crippen MR) is 53.9 cm³/mol. The van der Waals surface area contributed by atoms with Crippen LogP contribution in [-0.4, -0.2) is 7.05 Å². The van der Waals surface area contributed by atoms with Gasteiger partial charge in [-0.2, -0.15) is 13.2 Å². The van der Waals surface area contributed by atoms with Crippen molar-refractivity contribution in [2.45, 2.75) is 19.1 Å². The van der Waals surface area contributed by atoms with E-state index in [2.05, 4.69) is 5.32 Å². The lowest BCUT2D eigenvalue weighted by Crippen LogP contribution is -2.13. The van der Waals surface area contributed by atoms with Crippen LogP contribution in [0.3, 0.4) is 0 Å². The number of benzene rings is 1. The maximum Gasteiger partial charge on any atom is 0.416 e. The molecule has 0 heterocycles. The van der Waals surface area contributed by atoms with Crippen LogP contribution >= 0.6 is 11.6 Å². The molecule has 1 unspecified atom stereocenters. The van der Waals surface area contributed by atoms with Gasteiger partial charge in [-0.25, -0.2) is 0 Å². The summed E-state index contributed by atoms with van der Waals surface area (Å²) in [5.41, 5.74) is -0.0632. The number of rotatable bonds is 2. The Morgan fingerprint density at radius 3 is 2.33 bits per heavy atom. The van der Waals surface area contributed by atoms with Crippen molar-refractivity contribution >= 4 is 11.6 Å². The lowest BCUT2D eigenvalue weighted by molar-refractivity contribution is -0.137. The van der Waals surface area contributed by atoms with Gasteiger partial charge >= 0.3 is 6.18 Å². The standard InChI is InChI=1S/C10H11ClF3N/c1-6(15-2)8-4-3-7(5-9(8)11)10(12,13)14/h3-6,15H,1-2H3. The fraction of sp³-hybridized carbons (Fsp3) is 0.400. The molecule has 1 nitrogen and oxygen atoms in total. The first-order chi connectivity index (χ1) is 6.86. The maximum absolute atomic E-state index is 12.3. The van der Waals surface area contributed by atoms with E-state index in [1.54, 1.807) is 7.05 Å². The van der Waals surface area contributed by atoms with Gasteiger partial charge in [-0.15, -0.1) is 0 Å². The van der Waals surface area contributed by atoms with Crippen LogP contribution in [0.1, 0.15) is 24.1 Å². The van der Waals surface area contributed by atoms with Crippen LogP contribution in [0.15, 0.2) is 18.2 Å². The van der Waals surface area contributed by atoms with Gasteiger partial charge < -0.3 is 5.32 Å². The third-order valence-corrected chi connectivity index (χ3v) is 2.55. The molecule has 0 radical (unpaired) electrons. The van der Waals surface area contributed by atoms with Crippen molar-refractivity contribution in [2.75, 3.05) is 7.05 Å². The van der Waals surface area contributed by atoms with Crippen molar-refractivity contribution in [2.24, 2.45) is 0 Å². The predicted octanol–water partition coefficient (Wildman–Crippen LogP) is 3.64. The SMILES string of the molecule is CNC(C)c1ccc(C(F)(F)F)cc1Cl. The highest BCUT2D eigenvalue weighted by Crippen LogP contribution is 2.33. The third kappa shape index (κ3) is 2.86. The van der Waals surface area contributed by atoms with Gasteiger partial charge in [0.1, 0.15) is 0 Å². The summed E-state index contributed by atoms with van der Waals surface area (Å²) in [6.45, 7) is 1.83. The molecule has 1 rings (SSSR count). The Hall–Kier alpha value is -0.740.